The number of nitrogens with one attached hydrogen (secondary N) is 1. The zero-order valence-corrected chi connectivity index (χ0v) is 11.1. The Morgan fingerprint density at radius 3 is 1.80 bits per heavy atom. The monoisotopic (exact) mass is 234 g/mol. The number of rotatable bonds is 3. The molecule has 1 aliphatic heterocycles. The van der Waals surface area contributed by atoms with Crippen LogP contribution >= 0.6 is 0 Å². The van der Waals surface area contributed by atoms with Gasteiger partial charge in [0, 0.05) is 12.3 Å². The van der Waals surface area contributed by atoms with E-state index in [0.29, 0.717) is 0 Å². The zero-order chi connectivity index (χ0) is 11.2. The summed E-state index contributed by atoms with van der Waals surface area (Å²) in [4.78, 5) is 9.70. The maximum atomic E-state index is 9.70. The Balaban J connectivity index is 0. The van der Waals surface area contributed by atoms with Crippen LogP contribution in [0.1, 0.15) is 20.3 Å². The molecule has 0 aliphatic carbocycles. The first-order chi connectivity index (χ1) is 6.31. The number of hydrogen-bond acceptors (Lipinski definition) is 1. The van der Waals surface area contributed by atoms with Crippen molar-refractivity contribution in [2.24, 2.45) is 5.92 Å². The van der Waals surface area contributed by atoms with Crippen LogP contribution in [0.4, 0.5) is 0 Å². The molecule has 90 valence electrons. The zero-order valence-electron chi connectivity index (χ0n) is 10.4. The van der Waals surface area contributed by atoms with Crippen molar-refractivity contribution in [2.75, 3.05) is 27.7 Å². The molecule has 0 saturated heterocycles. The van der Waals surface area contributed by atoms with E-state index in [1.165, 1.54) is 19.0 Å². The Labute approximate surface area is 99.5 Å². The number of amides is 1. The molecule has 15 heavy (non-hydrogen) atoms. The predicted octanol–water partition coefficient (Wildman–Crippen LogP) is -1.63. The molecule has 1 N–H and O–H groups in total. The average molecular weight is 235 g/mol. The molecule has 3 nitrogen and oxygen atoms in total. The summed E-state index contributed by atoms with van der Waals surface area (Å²) >= 11 is 0. The van der Waals surface area contributed by atoms with Gasteiger partial charge >= 0.3 is 0 Å². The molecule has 1 amide bonds. The molecule has 0 unspecified atom stereocenters. The maximum Gasteiger partial charge on any atom is 0.249 e. The number of halogens is 1. The summed E-state index contributed by atoms with van der Waals surface area (Å²) < 4.78 is 1.10. The normalized spacial score (nSPS) is 13.3. The molecule has 0 bridgehead atoms. The molecular formula is C11H23ClN2O. The van der Waals surface area contributed by atoms with E-state index in [1.807, 2.05) is 0 Å². The molecule has 0 atom stereocenters. The predicted molar refractivity (Wildman–Crippen MR) is 59.6 cm³/mol. The van der Waals surface area contributed by atoms with Gasteiger partial charge in [-0.3, -0.25) is 4.79 Å². The summed E-state index contributed by atoms with van der Waals surface area (Å²) in [6.07, 6.45) is 4.41. The number of nitrogens with zero attached hydrogens (tertiary/aromatic N) is 1. The van der Waals surface area contributed by atoms with E-state index in [2.05, 4.69) is 40.3 Å². The largest absolute Gasteiger partial charge is 1.00 e. The maximum absolute atomic E-state index is 9.70. The molecule has 0 fully saturated rings. The highest BCUT2D eigenvalue weighted by atomic mass is 35.5. The third kappa shape index (κ3) is 13.5. The Morgan fingerprint density at radius 1 is 1.33 bits per heavy atom. The van der Waals surface area contributed by atoms with Gasteiger partial charge in [-0.1, -0.05) is 13.8 Å². The fraction of sp³-hybridized carbons (Fsp3) is 0.727. The average Bonchev–Trinajstić information content (AvgIpc) is 1.97. The summed E-state index contributed by atoms with van der Waals surface area (Å²) in [5, 5.41) is 2.39. The van der Waals surface area contributed by atoms with E-state index in [9.17, 15) is 4.79 Å². The Bertz CT molecular complexity index is 207. The van der Waals surface area contributed by atoms with E-state index in [4.69, 9.17) is 0 Å². The van der Waals surface area contributed by atoms with Gasteiger partial charge in [0.05, 0.1) is 27.7 Å². The number of quaternary nitrogens is 1. The molecule has 1 aliphatic rings. The van der Waals surface area contributed by atoms with Crippen molar-refractivity contribution < 1.29 is 21.7 Å². The van der Waals surface area contributed by atoms with Crippen molar-refractivity contribution in [3.8, 4) is 0 Å². The molecule has 0 saturated carbocycles. The lowest BCUT2D eigenvalue weighted by Crippen LogP contribution is -3.00. The van der Waals surface area contributed by atoms with Crippen molar-refractivity contribution in [3.05, 3.63) is 12.3 Å². The molecule has 0 spiro atoms. The van der Waals surface area contributed by atoms with Crippen LogP contribution in [-0.4, -0.2) is 38.1 Å². The minimum Gasteiger partial charge on any atom is -1.00 e. The van der Waals surface area contributed by atoms with Crippen LogP contribution in [0.3, 0.4) is 0 Å². The Kier molecular flexibility index (Phi) is 8.68. The summed E-state index contributed by atoms with van der Waals surface area (Å²) in [5.41, 5.74) is 0. The molecule has 1 rings (SSSR count). The Morgan fingerprint density at radius 2 is 1.73 bits per heavy atom. The van der Waals surface area contributed by atoms with Crippen molar-refractivity contribution >= 4 is 5.91 Å². The van der Waals surface area contributed by atoms with Crippen molar-refractivity contribution in [3.63, 3.8) is 0 Å². The molecular weight excluding hydrogens is 212 g/mol. The van der Waals surface area contributed by atoms with Gasteiger partial charge < -0.3 is 22.2 Å². The quantitative estimate of drug-likeness (QED) is 0.584. The molecule has 4 heteroatoms. The van der Waals surface area contributed by atoms with Crippen LogP contribution in [0.5, 0.6) is 0 Å². The lowest BCUT2D eigenvalue weighted by molar-refractivity contribution is -0.870. The second kappa shape index (κ2) is 7.71. The number of carbonyl (C=O) groups is 1. The van der Waals surface area contributed by atoms with Gasteiger partial charge in [-0.15, -0.1) is 0 Å². The van der Waals surface area contributed by atoms with Crippen molar-refractivity contribution in [2.45, 2.75) is 20.3 Å². The van der Waals surface area contributed by atoms with E-state index < -0.39 is 0 Å². The van der Waals surface area contributed by atoms with Gasteiger partial charge in [0.25, 0.3) is 0 Å². The highest BCUT2D eigenvalue weighted by molar-refractivity contribution is 5.93. The highest BCUT2D eigenvalue weighted by Crippen LogP contribution is 2.02. The smallest absolute Gasteiger partial charge is 0.249 e. The highest BCUT2D eigenvalue weighted by Gasteiger charge is 2.06. The van der Waals surface area contributed by atoms with Crippen LogP contribution < -0.4 is 17.7 Å². The van der Waals surface area contributed by atoms with Gasteiger partial charge in [0.2, 0.25) is 5.91 Å². The number of carbonyl (C=O) groups excluding carboxylic acids is 1. The SMILES string of the molecule is CC(C)CC[N+](C)(C)C.O=C1C=CN1.[Cl-]. The fourth-order valence-corrected chi connectivity index (χ4v) is 0.797. The second-order valence-corrected chi connectivity index (χ2v) is 5.04. The van der Waals surface area contributed by atoms with Gasteiger partial charge in [-0.05, 0) is 12.3 Å². The summed E-state index contributed by atoms with van der Waals surface area (Å²) in [5.74, 6) is 0.854. The van der Waals surface area contributed by atoms with E-state index in [-0.39, 0.29) is 18.3 Å². The van der Waals surface area contributed by atoms with Gasteiger partial charge in [-0.25, -0.2) is 0 Å². The molecule has 1 heterocycles. The lowest BCUT2D eigenvalue weighted by atomic mass is 10.1. The summed E-state index contributed by atoms with van der Waals surface area (Å²) in [6, 6.07) is 0. The standard InChI is InChI=1S/C8H20N.C3H3NO.ClH/c1-8(2)6-7-9(3,4)5;5-3-1-2-4-3;/h8H,6-7H2,1-5H3;1-2H,(H,4,5);1H/q+1;;/p-1. The second-order valence-electron chi connectivity index (χ2n) is 5.04. The third-order valence-electron chi connectivity index (χ3n) is 1.84. The van der Waals surface area contributed by atoms with Crippen LogP contribution in [-0.2, 0) is 4.79 Å². The van der Waals surface area contributed by atoms with Crippen LogP contribution in [0.15, 0.2) is 12.3 Å². The fourth-order valence-electron chi connectivity index (χ4n) is 0.797. The van der Waals surface area contributed by atoms with Gasteiger partial charge in [0.15, 0.2) is 0 Å². The van der Waals surface area contributed by atoms with Gasteiger partial charge in [0.1, 0.15) is 0 Å². The van der Waals surface area contributed by atoms with E-state index in [1.54, 1.807) is 6.20 Å². The van der Waals surface area contributed by atoms with E-state index in [0.717, 1.165) is 10.4 Å². The number of hydrogen-bond donors (Lipinski definition) is 1. The molecule has 0 aromatic rings. The first kappa shape index (κ1) is 16.9. The lowest BCUT2D eigenvalue weighted by Gasteiger charge is -2.24. The molecule has 0 radical (unpaired) electrons. The minimum atomic E-state index is 0. The van der Waals surface area contributed by atoms with Crippen LogP contribution in [0, 0.1) is 5.92 Å². The van der Waals surface area contributed by atoms with Gasteiger partial charge in [-0.2, -0.15) is 0 Å². The third-order valence-corrected chi connectivity index (χ3v) is 1.84. The van der Waals surface area contributed by atoms with Crippen LogP contribution in [0.25, 0.3) is 0 Å². The molecule has 0 aromatic carbocycles. The first-order valence-electron chi connectivity index (χ1n) is 5.09. The van der Waals surface area contributed by atoms with Crippen molar-refractivity contribution in [1.29, 1.82) is 0 Å². The Hall–Kier alpha value is -0.540. The minimum absolute atomic E-state index is 0. The van der Waals surface area contributed by atoms with Crippen LogP contribution in [0.2, 0.25) is 0 Å². The first-order valence-corrected chi connectivity index (χ1v) is 5.09. The molecule has 0 aromatic heterocycles. The van der Waals surface area contributed by atoms with Crippen molar-refractivity contribution in [1.82, 2.24) is 5.32 Å². The summed E-state index contributed by atoms with van der Waals surface area (Å²) in [7, 11) is 6.72. The topological polar surface area (TPSA) is 29.1 Å². The summed E-state index contributed by atoms with van der Waals surface area (Å²) in [6.45, 7) is 5.84. The van der Waals surface area contributed by atoms with E-state index >= 15 is 0 Å².